The van der Waals surface area contributed by atoms with Gasteiger partial charge in [0, 0.05) is 43.5 Å². The lowest BCUT2D eigenvalue weighted by molar-refractivity contribution is -0.140. The van der Waals surface area contributed by atoms with Gasteiger partial charge in [-0.1, -0.05) is 30.3 Å². The highest BCUT2D eigenvalue weighted by Crippen LogP contribution is 2.26. The molecule has 1 unspecified atom stereocenters. The van der Waals surface area contributed by atoms with E-state index in [9.17, 15) is 21.6 Å². The van der Waals surface area contributed by atoms with Gasteiger partial charge in [0.2, 0.25) is 26.0 Å². The molecule has 1 atom stereocenters. The van der Waals surface area contributed by atoms with Crippen molar-refractivity contribution in [1.82, 2.24) is 13.9 Å². The van der Waals surface area contributed by atoms with E-state index in [4.69, 9.17) is 0 Å². The predicted molar refractivity (Wildman–Crippen MR) is 121 cm³/mol. The summed E-state index contributed by atoms with van der Waals surface area (Å²) in [5, 5.41) is 1.22. The van der Waals surface area contributed by atoms with Crippen LogP contribution in [0, 0.1) is 5.92 Å². The van der Waals surface area contributed by atoms with Crippen LogP contribution in [0.2, 0.25) is 0 Å². The average Bonchev–Trinajstić information content (AvgIpc) is 2.76. The Balaban J connectivity index is 1.57. The second-order valence-corrected chi connectivity index (χ2v) is 11.9. The topological polar surface area (TPSA) is 104 Å². The lowest BCUT2D eigenvalue weighted by atomic mass is 9.93. The molecule has 3 rings (SSSR count). The maximum atomic E-state index is 13.1. The van der Waals surface area contributed by atoms with Crippen LogP contribution in [0.15, 0.2) is 35.7 Å². The Morgan fingerprint density at radius 2 is 1.71 bits per heavy atom. The lowest BCUT2D eigenvalue weighted by Gasteiger charge is -2.39. The van der Waals surface area contributed by atoms with Crippen molar-refractivity contribution in [2.75, 3.05) is 32.4 Å². The predicted octanol–water partition coefficient (Wildman–Crippen LogP) is 1.63. The van der Waals surface area contributed by atoms with Crippen molar-refractivity contribution >= 4 is 32.0 Å². The van der Waals surface area contributed by atoms with E-state index in [2.05, 4.69) is 4.72 Å². The molecule has 1 N–H and O–H groups in total. The molecule has 8 nitrogen and oxygen atoms in total. The second-order valence-electron chi connectivity index (χ2n) is 8.23. The van der Waals surface area contributed by atoms with Gasteiger partial charge in [-0.2, -0.15) is 4.31 Å². The molecule has 2 heterocycles. The highest BCUT2D eigenvalue weighted by atomic mass is 32.2. The van der Waals surface area contributed by atoms with Gasteiger partial charge >= 0.3 is 0 Å². The minimum Gasteiger partial charge on any atom is -0.338 e. The Hall–Kier alpha value is -1.75. The molecule has 1 amide bonds. The number of rotatable bonds is 7. The summed E-state index contributed by atoms with van der Waals surface area (Å²) in [6.07, 6.45) is 6.28. The number of benzene rings is 1. The third-order valence-corrected chi connectivity index (χ3v) is 8.14. The Morgan fingerprint density at radius 3 is 2.35 bits per heavy atom. The van der Waals surface area contributed by atoms with E-state index in [1.807, 2.05) is 30.3 Å². The highest BCUT2D eigenvalue weighted by Gasteiger charge is 2.35. The summed E-state index contributed by atoms with van der Waals surface area (Å²) in [5.41, 5.74) is 0.815. The van der Waals surface area contributed by atoms with Crippen LogP contribution in [0.25, 0.3) is 6.08 Å². The quantitative estimate of drug-likeness (QED) is 0.654. The van der Waals surface area contributed by atoms with Crippen molar-refractivity contribution in [3.8, 4) is 0 Å². The van der Waals surface area contributed by atoms with Crippen LogP contribution < -0.4 is 4.72 Å². The van der Waals surface area contributed by atoms with E-state index >= 15 is 0 Å². The van der Waals surface area contributed by atoms with Crippen molar-refractivity contribution in [1.29, 1.82) is 0 Å². The number of nitrogens with zero attached hydrogens (tertiary/aromatic N) is 2. The van der Waals surface area contributed by atoms with E-state index < -0.39 is 20.0 Å². The van der Waals surface area contributed by atoms with Crippen molar-refractivity contribution in [2.24, 2.45) is 5.92 Å². The first kappa shape index (κ1) is 23.9. The number of carbonyl (C=O) groups excluding carboxylic acids is 1. The number of hydrogen-bond donors (Lipinski definition) is 1. The summed E-state index contributed by atoms with van der Waals surface area (Å²) in [4.78, 5) is 14.9. The molecule has 0 bridgehead atoms. The zero-order valence-corrected chi connectivity index (χ0v) is 19.4. The molecular formula is C21H31N3O5S2. The molecule has 1 aromatic rings. The van der Waals surface area contributed by atoms with Gasteiger partial charge in [-0.15, -0.1) is 0 Å². The Bertz CT molecular complexity index is 985. The number of nitrogens with one attached hydrogen (secondary N) is 1. The standard InChI is InChI=1S/C21H31N3O5S2/c1-30(26,27)22-17-20-9-5-6-13-24(20)21(25)19-10-14-23(15-11-19)31(28,29)16-12-18-7-3-2-4-8-18/h2-4,7-8,12,16,19-20,22H,5-6,9-11,13-15,17H2,1H3/b16-12+. The molecule has 0 spiro atoms. The van der Waals surface area contributed by atoms with Crippen LogP contribution in [-0.2, 0) is 24.8 Å². The summed E-state index contributed by atoms with van der Waals surface area (Å²) < 4.78 is 52.1. The maximum Gasteiger partial charge on any atom is 0.236 e. The summed E-state index contributed by atoms with van der Waals surface area (Å²) in [7, 11) is -6.85. The number of carbonyl (C=O) groups is 1. The minimum absolute atomic E-state index is 0.0110. The van der Waals surface area contributed by atoms with Gasteiger partial charge in [0.1, 0.15) is 0 Å². The third-order valence-electron chi connectivity index (χ3n) is 5.89. The smallest absolute Gasteiger partial charge is 0.236 e. The molecule has 0 radical (unpaired) electrons. The molecule has 2 fully saturated rings. The monoisotopic (exact) mass is 469 g/mol. The van der Waals surface area contributed by atoms with Crippen molar-refractivity contribution in [3.05, 3.63) is 41.3 Å². The second kappa shape index (κ2) is 10.2. The number of likely N-dealkylation sites (tertiary alicyclic amines) is 1. The number of piperidine rings is 2. The molecular weight excluding hydrogens is 438 g/mol. The van der Waals surface area contributed by atoms with Gasteiger partial charge < -0.3 is 4.90 Å². The number of sulfonamides is 2. The first-order valence-corrected chi connectivity index (χ1v) is 14.0. The van der Waals surface area contributed by atoms with Crippen LogP contribution in [0.1, 0.15) is 37.7 Å². The zero-order chi connectivity index (χ0) is 22.5. The van der Waals surface area contributed by atoms with E-state index in [1.165, 1.54) is 9.71 Å². The fraction of sp³-hybridized carbons (Fsp3) is 0.571. The van der Waals surface area contributed by atoms with E-state index in [1.54, 1.807) is 11.0 Å². The molecule has 1 aromatic carbocycles. The fourth-order valence-corrected chi connectivity index (χ4v) is 5.87. The van der Waals surface area contributed by atoms with E-state index in [-0.39, 0.29) is 24.4 Å². The molecule has 2 saturated heterocycles. The molecule has 0 aliphatic carbocycles. The molecule has 0 saturated carbocycles. The van der Waals surface area contributed by atoms with Gasteiger partial charge in [-0.25, -0.2) is 21.6 Å². The normalized spacial score (nSPS) is 22.1. The maximum absolute atomic E-state index is 13.1. The van der Waals surface area contributed by atoms with E-state index in [0.717, 1.165) is 31.1 Å². The van der Waals surface area contributed by atoms with E-state index in [0.29, 0.717) is 32.5 Å². The molecule has 172 valence electrons. The Morgan fingerprint density at radius 1 is 1.03 bits per heavy atom. The molecule has 2 aliphatic heterocycles. The summed E-state index contributed by atoms with van der Waals surface area (Å²) >= 11 is 0. The zero-order valence-electron chi connectivity index (χ0n) is 17.8. The van der Waals surface area contributed by atoms with Gasteiger partial charge in [-0.05, 0) is 43.7 Å². The van der Waals surface area contributed by atoms with Gasteiger partial charge in [0.05, 0.1) is 6.26 Å². The Labute approximate surface area is 185 Å². The van der Waals surface area contributed by atoms with Gasteiger partial charge in [0.25, 0.3) is 0 Å². The van der Waals surface area contributed by atoms with Crippen LogP contribution in [-0.4, -0.2) is 70.4 Å². The van der Waals surface area contributed by atoms with Crippen LogP contribution >= 0.6 is 0 Å². The molecule has 2 aliphatic rings. The largest absolute Gasteiger partial charge is 0.338 e. The summed E-state index contributed by atoms with van der Waals surface area (Å²) in [5.74, 6) is -0.222. The van der Waals surface area contributed by atoms with Crippen LogP contribution in [0.5, 0.6) is 0 Å². The van der Waals surface area contributed by atoms with Crippen molar-refractivity contribution in [2.45, 2.75) is 38.1 Å². The molecule has 0 aromatic heterocycles. The fourth-order valence-electron chi connectivity index (χ4n) is 4.16. The third kappa shape index (κ3) is 6.86. The van der Waals surface area contributed by atoms with Crippen molar-refractivity contribution < 1.29 is 21.6 Å². The highest BCUT2D eigenvalue weighted by molar-refractivity contribution is 7.92. The Kier molecular flexibility index (Phi) is 7.90. The van der Waals surface area contributed by atoms with Crippen LogP contribution in [0.4, 0.5) is 0 Å². The van der Waals surface area contributed by atoms with Crippen LogP contribution in [0.3, 0.4) is 0 Å². The summed E-state index contributed by atoms with van der Waals surface area (Å²) in [6, 6.07) is 9.10. The SMILES string of the molecule is CS(=O)(=O)NCC1CCCCN1C(=O)C1CCN(S(=O)(=O)/C=C/c2ccccc2)CC1. The summed E-state index contributed by atoms with van der Waals surface area (Å²) in [6.45, 7) is 1.45. The molecule has 31 heavy (non-hydrogen) atoms. The average molecular weight is 470 g/mol. The number of hydrogen-bond acceptors (Lipinski definition) is 5. The van der Waals surface area contributed by atoms with Gasteiger partial charge in [0.15, 0.2) is 0 Å². The first-order chi connectivity index (χ1) is 14.7. The molecule has 10 heteroatoms. The van der Waals surface area contributed by atoms with Crippen molar-refractivity contribution in [3.63, 3.8) is 0 Å². The minimum atomic E-state index is -3.54. The van der Waals surface area contributed by atoms with Gasteiger partial charge in [-0.3, -0.25) is 4.79 Å². The first-order valence-electron chi connectivity index (χ1n) is 10.6. The number of amides is 1. The lowest BCUT2D eigenvalue weighted by Crippen LogP contribution is -2.52.